The van der Waals surface area contributed by atoms with E-state index in [-0.39, 0.29) is 30.7 Å². The van der Waals surface area contributed by atoms with Gasteiger partial charge in [-0.25, -0.2) is 8.42 Å². The van der Waals surface area contributed by atoms with Crippen LogP contribution in [0.3, 0.4) is 0 Å². The predicted molar refractivity (Wildman–Crippen MR) is 82.6 cm³/mol. The molecule has 7 heteroatoms. The van der Waals surface area contributed by atoms with E-state index < -0.39 is 10.0 Å². The molecule has 2 rings (SSSR count). The van der Waals surface area contributed by atoms with Crippen molar-refractivity contribution in [3.63, 3.8) is 0 Å². The van der Waals surface area contributed by atoms with E-state index >= 15 is 0 Å². The molecule has 0 spiro atoms. The van der Waals surface area contributed by atoms with Crippen LogP contribution in [-0.2, 0) is 19.6 Å². The molecule has 0 aromatic heterocycles. The summed E-state index contributed by atoms with van der Waals surface area (Å²) in [6.07, 6.45) is 1.66. The van der Waals surface area contributed by atoms with Crippen LogP contribution in [0.1, 0.15) is 24.4 Å². The molecule has 1 fully saturated rings. The minimum absolute atomic E-state index is 0.120. The number of Topliss-reactive ketones (excluding diaryl/α,β-unsaturated/α-hetero) is 1. The Balaban J connectivity index is 2.19. The van der Waals surface area contributed by atoms with Crippen molar-refractivity contribution in [2.75, 3.05) is 26.4 Å². The summed E-state index contributed by atoms with van der Waals surface area (Å²) in [5.41, 5.74) is 0.894. The van der Waals surface area contributed by atoms with Gasteiger partial charge >= 0.3 is 0 Å². The van der Waals surface area contributed by atoms with E-state index in [4.69, 9.17) is 0 Å². The molecular formula is C15H20N2O4S. The second kappa shape index (κ2) is 6.58. The SMILES string of the molecule is CN(CC(=O)N1CCC(=O)CC1c1ccccc1)S(C)(=O)=O. The van der Waals surface area contributed by atoms with E-state index in [2.05, 4.69) is 0 Å². The number of hydrogen-bond donors (Lipinski definition) is 0. The zero-order chi connectivity index (χ0) is 16.3. The lowest BCUT2D eigenvalue weighted by Gasteiger charge is -2.36. The van der Waals surface area contributed by atoms with Gasteiger partial charge in [0.15, 0.2) is 0 Å². The summed E-state index contributed by atoms with van der Waals surface area (Å²) in [4.78, 5) is 25.8. The molecule has 1 amide bonds. The van der Waals surface area contributed by atoms with E-state index in [9.17, 15) is 18.0 Å². The fraction of sp³-hybridized carbons (Fsp3) is 0.467. The fourth-order valence-electron chi connectivity index (χ4n) is 2.50. The number of rotatable bonds is 4. The van der Waals surface area contributed by atoms with Gasteiger partial charge in [-0.05, 0) is 5.56 Å². The largest absolute Gasteiger partial charge is 0.334 e. The van der Waals surface area contributed by atoms with Crippen LogP contribution in [0.15, 0.2) is 30.3 Å². The Labute approximate surface area is 130 Å². The molecule has 1 heterocycles. The quantitative estimate of drug-likeness (QED) is 0.821. The maximum atomic E-state index is 12.5. The number of sulfonamides is 1. The number of hydrogen-bond acceptors (Lipinski definition) is 4. The molecule has 1 aromatic carbocycles. The summed E-state index contributed by atoms with van der Waals surface area (Å²) < 4.78 is 23.9. The molecule has 1 aliphatic heterocycles. The first-order valence-corrected chi connectivity index (χ1v) is 8.91. The zero-order valence-corrected chi connectivity index (χ0v) is 13.5. The molecule has 1 saturated heterocycles. The highest BCUT2D eigenvalue weighted by molar-refractivity contribution is 7.88. The second-order valence-electron chi connectivity index (χ2n) is 5.53. The lowest BCUT2D eigenvalue weighted by Crippen LogP contribution is -2.46. The first kappa shape index (κ1) is 16.6. The number of carbonyl (C=O) groups is 2. The normalized spacial score (nSPS) is 19.5. The average Bonchev–Trinajstić information content (AvgIpc) is 2.47. The Hall–Kier alpha value is -1.73. The van der Waals surface area contributed by atoms with Crippen molar-refractivity contribution in [1.82, 2.24) is 9.21 Å². The van der Waals surface area contributed by atoms with Crippen LogP contribution in [0, 0.1) is 0 Å². The van der Waals surface area contributed by atoms with Gasteiger partial charge in [-0.15, -0.1) is 0 Å². The van der Waals surface area contributed by atoms with Gasteiger partial charge in [0.25, 0.3) is 0 Å². The highest BCUT2D eigenvalue weighted by Gasteiger charge is 2.32. The Bertz CT molecular complexity index is 657. The van der Waals surface area contributed by atoms with Crippen molar-refractivity contribution in [3.8, 4) is 0 Å². The zero-order valence-electron chi connectivity index (χ0n) is 12.7. The summed E-state index contributed by atoms with van der Waals surface area (Å²) in [5, 5.41) is 0. The smallest absolute Gasteiger partial charge is 0.238 e. The number of ketones is 1. The van der Waals surface area contributed by atoms with Gasteiger partial charge in [0.2, 0.25) is 15.9 Å². The number of piperidine rings is 1. The Morgan fingerprint density at radius 1 is 1.32 bits per heavy atom. The molecule has 0 N–H and O–H groups in total. The van der Waals surface area contributed by atoms with E-state index in [0.29, 0.717) is 13.0 Å². The molecule has 0 bridgehead atoms. The molecular weight excluding hydrogens is 304 g/mol. The van der Waals surface area contributed by atoms with Crippen molar-refractivity contribution >= 4 is 21.7 Å². The second-order valence-corrected chi connectivity index (χ2v) is 7.61. The van der Waals surface area contributed by atoms with E-state index in [0.717, 1.165) is 16.1 Å². The van der Waals surface area contributed by atoms with Crippen LogP contribution in [0.4, 0.5) is 0 Å². The maximum absolute atomic E-state index is 12.5. The van der Waals surface area contributed by atoms with Crippen molar-refractivity contribution < 1.29 is 18.0 Å². The van der Waals surface area contributed by atoms with Crippen molar-refractivity contribution in [2.45, 2.75) is 18.9 Å². The maximum Gasteiger partial charge on any atom is 0.238 e. The van der Waals surface area contributed by atoms with Crippen LogP contribution in [-0.4, -0.2) is 55.7 Å². The third kappa shape index (κ3) is 3.92. The van der Waals surface area contributed by atoms with Crippen LogP contribution >= 0.6 is 0 Å². The lowest BCUT2D eigenvalue weighted by molar-refractivity contribution is -0.138. The van der Waals surface area contributed by atoms with Gasteiger partial charge in [0.1, 0.15) is 5.78 Å². The molecule has 1 atom stereocenters. The molecule has 0 saturated carbocycles. The Morgan fingerprint density at radius 3 is 2.55 bits per heavy atom. The number of likely N-dealkylation sites (tertiary alicyclic amines) is 1. The number of nitrogens with zero attached hydrogens (tertiary/aromatic N) is 2. The molecule has 22 heavy (non-hydrogen) atoms. The fourth-order valence-corrected chi connectivity index (χ4v) is 2.84. The summed E-state index contributed by atoms with van der Waals surface area (Å²) in [6.45, 7) is 0.116. The minimum atomic E-state index is -3.41. The van der Waals surface area contributed by atoms with Crippen molar-refractivity contribution in [1.29, 1.82) is 0 Å². The van der Waals surface area contributed by atoms with Crippen LogP contribution in [0.25, 0.3) is 0 Å². The first-order valence-electron chi connectivity index (χ1n) is 7.06. The standard InChI is InChI=1S/C15H20N2O4S/c1-16(22(2,20)21)11-15(19)17-9-8-13(18)10-14(17)12-6-4-3-5-7-12/h3-7,14H,8-11H2,1-2H3. The van der Waals surface area contributed by atoms with E-state index in [1.165, 1.54) is 7.05 Å². The van der Waals surface area contributed by atoms with Gasteiger partial charge in [0, 0.05) is 26.4 Å². The molecule has 0 radical (unpaired) electrons. The molecule has 1 aromatic rings. The number of likely N-dealkylation sites (N-methyl/N-ethyl adjacent to an activating group) is 1. The summed E-state index contributed by atoms with van der Waals surface area (Å²) in [6, 6.07) is 9.04. The number of carbonyl (C=O) groups excluding carboxylic acids is 2. The summed E-state index contributed by atoms with van der Waals surface area (Å²) >= 11 is 0. The highest BCUT2D eigenvalue weighted by atomic mass is 32.2. The van der Waals surface area contributed by atoms with Crippen LogP contribution in [0.2, 0.25) is 0 Å². The van der Waals surface area contributed by atoms with Gasteiger partial charge in [-0.1, -0.05) is 30.3 Å². The lowest BCUT2D eigenvalue weighted by atomic mass is 9.94. The van der Waals surface area contributed by atoms with Crippen LogP contribution in [0.5, 0.6) is 0 Å². The third-order valence-electron chi connectivity index (χ3n) is 3.86. The Morgan fingerprint density at radius 2 is 1.95 bits per heavy atom. The van der Waals surface area contributed by atoms with Gasteiger partial charge in [0.05, 0.1) is 18.8 Å². The van der Waals surface area contributed by atoms with Crippen LogP contribution < -0.4 is 0 Å². The summed E-state index contributed by atoms with van der Waals surface area (Å²) in [5.74, 6) is -0.163. The van der Waals surface area contributed by atoms with Gasteiger partial charge in [-0.3, -0.25) is 9.59 Å². The molecule has 1 unspecified atom stereocenters. The van der Waals surface area contributed by atoms with Gasteiger partial charge in [-0.2, -0.15) is 4.31 Å². The molecule has 0 aliphatic carbocycles. The Kier molecular flexibility index (Phi) is 4.97. The molecule has 6 nitrogen and oxygen atoms in total. The minimum Gasteiger partial charge on any atom is -0.334 e. The topological polar surface area (TPSA) is 74.8 Å². The van der Waals surface area contributed by atoms with E-state index in [1.54, 1.807) is 4.90 Å². The predicted octanol–water partition coefficient (Wildman–Crippen LogP) is 0.811. The number of benzene rings is 1. The van der Waals surface area contributed by atoms with Crippen molar-refractivity contribution in [3.05, 3.63) is 35.9 Å². The first-order chi connectivity index (χ1) is 10.3. The molecule has 1 aliphatic rings. The van der Waals surface area contributed by atoms with Crippen molar-refractivity contribution in [2.24, 2.45) is 0 Å². The highest BCUT2D eigenvalue weighted by Crippen LogP contribution is 2.29. The molecule has 120 valence electrons. The third-order valence-corrected chi connectivity index (χ3v) is 5.12. The number of amides is 1. The monoisotopic (exact) mass is 324 g/mol. The van der Waals surface area contributed by atoms with E-state index in [1.807, 2.05) is 30.3 Å². The summed E-state index contributed by atoms with van der Waals surface area (Å²) in [7, 11) is -2.04. The van der Waals surface area contributed by atoms with Gasteiger partial charge < -0.3 is 4.90 Å². The average molecular weight is 324 g/mol.